The van der Waals surface area contributed by atoms with Crippen LogP contribution in [0.1, 0.15) is 36.7 Å². The lowest BCUT2D eigenvalue weighted by Crippen LogP contribution is -2.10. The predicted octanol–water partition coefficient (Wildman–Crippen LogP) is 2.60. The van der Waals surface area contributed by atoms with Crippen LogP contribution in [0.2, 0.25) is 0 Å². The summed E-state index contributed by atoms with van der Waals surface area (Å²) in [6.07, 6.45) is 4.63. The first-order valence-corrected chi connectivity index (χ1v) is 4.74. The van der Waals surface area contributed by atoms with Gasteiger partial charge in [0, 0.05) is 17.5 Å². The number of hydrogen-bond donors (Lipinski definition) is 0. The van der Waals surface area contributed by atoms with Crippen molar-refractivity contribution in [2.24, 2.45) is 0 Å². The normalized spacial score (nSPS) is 10.4. The summed E-state index contributed by atoms with van der Waals surface area (Å²) in [6, 6.07) is 0. The average molecular weight is 180 g/mol. The van der Waals surface area contributed by atoms with Gasteiger partial charge >= 0.3 is 0 Å². The van der Waals surface area contributed by atoms with Gasteiger partial charge in [-0.2, -0.15) is 0 Å². The Bertz CT molecular complexity index is 336. The molecule has 1 aromatic rings. The minimum atomic E-state index is 0.123. The minimum absolute atomic E-state index is 0.123. The number of aryl methyl sites for hydroxylation is 2. The Morgan fingerprint density at radius 3 is 2.69 bits per heavy atom. The first-order chi connectivity index (χ1) is 6.16. The van der Waals surface area contributed by atoms with Gasteiger partial charge in [-0.1, -0.05) is 13.3 Å². The first kappa shape index (κ1) is 10.0. The largest absolute Gasteiger partial charge is 0.469 e. The second kappa shape index (κ2) is 4.26. The van der Waals surface area contributed by atoms with Gasteiger partial charge < -0.3 is 4.42 Å². The van der Waals surface area contributed by atoms with Crippen molar-refractivity contribution in [2.75, 3.05) is 0 Å². The monoisotopic (exact) mass is 180 g/mol. The van der Waals surface area contributed by atoms with Crippen molar-refractivity contribution >= 4 is 0 Å². The molecule has 2 heteroatoms. The van der Waals surface area contributed by atoms with Crippen LogP contribution in [-0.4, -0.2) is 0 Å². The van der Waals surface area contributed by atoms with E-state index in [2.05, 4.69) is 6.92 Å². The molecule has 0 saturated carbocycles. The van der Waals surface area contributed by atoms with Gasteiger partial charge in [0.15, 0.2) is 5.43 Å². The fraction of sp³-hybridized carbons (Fsp3) is 0.545. The molecule has 0 saturated heterocycles. The molecule has 0 aliphatic rings. The predicted molar refractivity (Wildman–Crippen MR) is 53.1 cm³/mol. The van der Waals surface area contributed by atoms with Crippen molar-refractivity contribution in [3.63, 3.8) is 0 Å². The van der Waals surface area contributed by atoms with Gasteiger partial charge in [-0.15, -0.1) is 0 Å². The molecule has 0 atom stereocenters. The van der Waals surface area contributed by atoms with Crippen molar-refractivity contribution < 1.29 is 4.42 Å². The van der Waals surface area contributed by atoms with Crippen LogP contribution in [0.5, 0.6) is 0 Å². The second-order valence-electron chi connectivity index (χ2n) is 3.40. The topological polar surface area (TPSA) is 30.2 Å². The molecule has 2 nitrogen and oxygen atoms in total. The van der Waals surface area contributed by atoms with Gasteiger partial charge in [0.1, 0.15) is 5.76 Å². The van der Waals surface area contributed by atoms with E-state index in [4.69, 9.17) is 4.42 Å². The highest BCUT2D eigenvalue weighted by molar-refractivity contribution is 5.20. The Labute approximate surface area is 78.6 Å². The third kappa shape index (κ3) is 2.20. The van der Waals surface area contributed by atoms with Crippen LogP contribution in [0.3, 0.4) is 0 Å². The van der Waals surface area contributed by atoms with E-state index in [-0.39, 0.29) is 5.43 Å². The molecule has 13 heavy (non-hydrogen) atoms. The summed E-state index contributed by atoms with van der Waals surface area (Å²) in [6.45, 7) is 5.74. The molecular weight excluding hydrogens is 164 g/mol. The summed E-state index contributed by atoms with van der Waals surface area (Å²) in [5.74, 6) is 0.845. The van der Waals surface area contributed by atoms with E-state index in [1.165, 1.54) is 0 Å². The Kier molecular flexibility index (Phi) is 3.29. The molecule has 1 aromatic heterocycles. The van der Waals surface area contributed by atoms with Crippen LogP contribution < -0.4 is 5.43 Å². The Morgan fingerprint density at radius 1 is 1.38 bits per heavy atom. The zero-order chi connectivity index (χ0) is 9.84. The van der Waals surface area contributed by atoms with Crippen LogP contribution in [0.4, 0.5) is 0 Å². The van der Waals surface area contributed by atoms with Crippen molar-refractivity contribution in [1.29, 1.82) is 0 Å². The Morgan fingerprint density at radius 2 is 2.08 bits per heavy atom. The molecule has 72 valence electrons. The molecule has 0 radical (unpaired) electrons. The summed E-state index contributed by atoms with van der Waals surface area (Å²) in [7, 11) is 0. The van der Waals surface area contributed by atoms with Gasteiger partial charge in [-0.25, -0.2) is 0 Å². The van der Waals surface area contributed by atoms with Crippen LogP contribution in [0.25, 0.3) is 0 Å². The molecule has 1 heterocycles. The SMILES string of the molecule is CCCCc1occ(C)c(=O)c1C. The van der Waals surface area contributed by atoms with E-state index in [1.807, 2.05) is 6.92 Å². The number of rotatable bonds is 3. The molecule has 0 bridgehead atoms. The van der Waals surface area contributed by atoms with Gasteiger partial charge in [0.05, 0.1) is 6.26 Å². The minimum Gasteiger partial charge on any atom is -0.469 e. The van der Waals surface area contributed by atoms with Crippen molar-refractivity contribution in [3.8, 4) is 0 Å². The summed E-state index contributed by atoms with van der Waals surface area (Å²) in [4.78, 5) is 11.5. The maximum absolute atomic E-state index is 11.5. The summed E-state index contributed by atoms with van der Waals surface area (Å²) in [5.41, 5.74) is 1.59. The third-order valence-corrected chi connectivity index (χ3v) is 2.25. The lowest BCUT2D eigenvalue weighted by atomic mass is 10.1. The fourth-order valence-corrected chi connectivity index (χ4v) is 1.31. The van der Waals surface area contributed by atoms with Gasteiger partial charge in [-0.3, -0.25) is 4.79 Å². The first-order valence-electron chi connectivity index (χ1n) is 4.74. The van der Waals surface area contributed by atoms with E-state index in [1.54, 1.807) is 13.2 Å². The smallest absolute Gasteiger partial charge is 0.190 e. The van der Waals surface area contributed by atoms with Crippen LogP contribution in [0, 0.1) is 13.8 Å². The van der Waals surface area contributed by atoms with E-state index in [0.717, 1.165) is 30.6 Å². The molecular formula is C11H16O2. The molecule has 0 unspecified atom stereocenters. The third-order valence-electron chi connectivity index (χ3n) is 2.25. The highest BCUT2D eigenvalue weighted by atomic mass is 16.3. The summed E-state index contributed by atoms with van der Waals surface area (Å²) < 4.78 is 5.37. The van der Waals surface area contributed by atoms with Crippen molar-refractivity contribution in [3.05, 3.63) is 33.4 Å². The summed E-state index contributed by atoms with van der Waals surface area (Å²) in [5, 5.41) is 0. The van der Waals surface area contributed by atoms with E-state index in [9.17, 15) is 4.79 Å². The maximum atomic E-state index is 11.5. The fourth-order valence-electron chi connectivity index (χ4n) is 1.31. The van der Waals surface area contributed by atoms with Gasteiger partial charge in [0.2, 0.25) is 0 Å². The van der Waals surface area contributed by atoms with E-state index in [0.29, 0.717) is 5.56 Å². The molecule has 0 spiro atoms. The zero-order valence-corrected chi connectivity index (χ0v) is 8.52. The highest BCUT2D eigenvalue weighted by Crippen LogP contribution is 2.08. The van der Waals surface area contributed by atoms with E-state index < -0.39 is 0 Å². The molecule has 0 aliphatic heterocycles. The molecule has 0 N–H and O–H groups in total. The zero-order valence-electron chi connectivity index (χ0n) is 8.52. The molecule has 0 aliphatic carbocycles. The Balaban J connectivity index is 2.97. The number of unbranched alkanes of at least 4 members (excludes halogenated alkanes) is 1. The summed E-state index contributed by atoms with van der Waals surface area (Å²) >= 11 is 0. The van der Waals surface area contributed by atoms with Gasteiger partial charge in [-0.05, 0) is 20.3 Å². The highest BCUT2D eigenvalue weighted by Gasteiger charge is 2.05. The maximum Gasteiger partial charge on any atom is 0.190 e. The standard InChI is InChI=1S/C11H16O2/c1-4-5-6-10-9(3)11(12)8(2)7-13-10/h7H,4-6H2,1-3H3. The molecule has 1 rings (SSSR count). The quantitative estimate of drug-likeness (QED) is 0.715. The lowest BCUT2D eigenvalue weighted by Gasteiger charge is -2.03. The number of hydrogen-bond acceptors (Lipinski definition) is 2. The molecule has 0 fully saturated rings. The second-order valence-corrected chi connectivity index (χ2v) is 3.40. The van der Waals surface area contributed by atoms with Crippen LogP contribution >= 0.6 is 0 Å². The van der Waals surface area contributed by atoms with Gasteiger partial charge in [0.25, 0.3) is 0 Å². The van der Waals surface area contributed by atoms with E-state index >= 15 is 0 Å². The Hall–Kier alpha value is -1.05. The van der Waals surface area contributed by atoms with Crippen LogP contribution in [0.15, 0.2) is 15.5 Å². The van der Waals surface area contributed by atoms with Crippen molar-refractivity contribution in [2.45, 2.75) is 40.0 Å². The molecule has 0 amide bonds. The van der Waals surface area contributed by atoms with Crippen molar-refractivity contribution in [1.82, 2.24) is 0 Å². The molecule has 0 aromatic carbocycles. The van der Waals surface area contributed by atoms with Crippen LogP contribution in [-0.2, 0) is 6.42 Å². The average Bonchev–Trinajstić information content (AvgIpc) is 2.13. The lowest BCUT2D eigenvalue weighted by molar-refractivity contribution is 0.473.